The topological polar surface area (TPSA) is 50.7 Å². The summed E-state index contributed by atoms with van der Waals surface area (Å²) < 4.78 is 0.938. The van der Waals surface area contributed by atoms with Gasteiger partial charge in [0, 0.05) is 22.5 Å². The molecule has 2 heterocycles. The van der Waals surface area contributed by atoms with Gasteiger partial charge >= 0.3 is 0 Å². The van der Waals surface area contributed by atoms with Gasteiger partial charge in [0.15, 0.2) is 5.84 Å². The van der Waals surface area contributed by atoms with Crippen LogP contribution in [0.25, 0.3) is 0 Å². The first-order valence-electron chi connectivity index (χ1n) is 3.23. The first-order valence-corrected chi connectivity index (χ1v) is 4.02. The van der Waals surface area contributed by atoms with E-state index in [2.05, 4.69) is 25.9 Å². The van der Waals surface area contributed by atoms with Gasteiger partial charge in [-0.05, 0) is 22.0 Å². The fourth-order valence-corrected chi connectivity index (χ4v) is 1.62. The van der Waals surface area contributed by atoms with Crippen LogP contribution in [0.5, 0.6) is 0 Å². The molecule has 0 bridgehead atoms. The average Bonchev–Trinajstić information content (AvgIpc) is 2.34. The molecule has 0 amide bonds. The molecule has 0 aromatic rings. The Balaban J connectivity index is 2.52. The fraction of sp³-hybridized carbons (Fsp3) is 0.143. The van der Waals surface area contributed by atoms with E-state index in [1.807, 2.05) is 6.08 Å². The summed E-state index contributed by atoms with van der Waals surface area (Å²) in [6.45, 7) is 0. The van der Waals surface area contributed by atoms with Crippen molar-refractivity contribution in [2.24, 2.45) is 15.7 Å². The number of allylic oxidation sites excluding steroid dienone is 1. The van der Waals surface area contributed by atoms with E-state index in [9.17, 15) is 0 Å². The Morgan fingerprint density at radius 3 is 3.09 bits per heavy atom. The highest BCUT2D eigenvalue weighted by Gasteiger charge is 2.22. The first-order chi connectivity index (χ1) is 5.29. The number of halogens is 1. The Hall–Kier alpha value is -0.740. The van der Waals surface area contributed by atoms with E-state index in [4.69, 9.17) is 5.73 Å². The van der Waals surface area contributed by atoms with Crippen molar-refractivity contribution in [3.05, 3.63) is 22.3 Å². The fourth-order valence-electron chi connectivity index (χ4n) is 1.08. The highest BCUT2D eigenvalue weighted by atomic mass is 79.9. The molecule has 0 aliphatic carbocycles. The standard InChI is InChI=1S/C7H6BrN3/c8-4-3-11-7-6(4)5(9)1-2-10-7/h1-3,5H,9H2/t5-/m1/s1. The van der Waals surface area contributed by atoms with Crippen LogP contribution in [-0.2, 0) is 0 Å². The van der Waals surface area contributed by atoms with Crippen molar-refractivity contribution in [2.75, 3.05) is 0 Å². The largest absolute Gasteiger partial charge is 0.321 e. The van der Waals surface area contributed by atoms with Crippen LogP contribution < -0.4 is 5.73 Å². The molecule has 4 heteroatoms. The van der Waals surface area contributed by atoms with Crippen LogP contribution in [0.1, 0.15) is 0 Å². The second-order valence-corrected chi connectivity index (χ2v) is 3.19. The second-order valence-electron chi connectivity index (χ2n) is 2.34. The number of hydrogen-bond donors (Lipinski definition) is 1. The Bertz CT molecular complexity index is 312. The van der Waals surface area contributed by atoms with Gasteiger partial charge in [0.05, 0.1) is 6.04 Å². The zero-order chi connectivity index (χ0) is 7.84. The second kappa shape index (κ2) is 2.39. The zero-order valence-corrected chi connectivity index (χ0v) is 7.25. The lowest BCUT2D eigenvalue weighted by Crippen LogP contribution is -2.25. The summed E-state index contributed by atoms with van der Waals surface area (Å²) in [5.41, 5.74) is 6.75. The van der Waals surface area contributed by atoms with Crippen LogP contribution >= 0.6 is 15.9 Å². The maximum atomic E-state index is 5.77. The van der Waals surface area contributed by atoms with Crippen molar-refractivity contribution in [3.63, 3.8) is 0 Å². The molecule has 0 saturated carbocycles. The van der Waals surface area contributed by atoms with Gasteiger partial charge in [0.25, 0.3) is 0 Å². The average molecular weight is 212 g/mol. The summed E-state index contributed by atoms with van der Waals surface area (Å²) in [6, 6.07) is -0.0700. The Morgan fingerprint density at radius 2 is 2.36 bits per heavy atom. The van der Waals surface area contributed by atoms with E-state index < -0.39 is 0 Å². The smallest absolute Gasteiger partial charge is 0.158 e. The molecule has 2 aliphatic rings. The van der Waals surface area contributed by atoms with Gasteiger partial charge in [0.1, 0.15) is 0 Å². The summed E-state index contributed by atoms with van der Waals surface area (Å²) in [5.74, 6) is 0.729. The minimum atomic E-state index is -0.0700. The van der Waals surface area contributed by atoms with Crippen LogP contribution in [-0.4, -0.2) is 18.1 Å². The maximum absolute atomic E-state index is 5.77. The van der Waals surface area contributed by atoms with Crippen LogP contribution in [0.4, 0.5) is 0 Å². The van der Waals surface area contributed by atoms with Crippen LogP contribution in [0.3, 0.4) is 0 Å². The number of amidine groups is 1. The molecule has 0 fully saturated rings. The van der Waals surface area contributed by atoms with E-state index in [0.717, 1.165) is 15.9 Å². The quantitative estimate of drug-likeness (QED) is 0.639. The Kier molecular flexibility index (Phi) is 1.51. The molecule has 0 aromatic heterocycles. The molecule has 0 saturated heterocycles. The molecular formula is C7H6BrN3. The van der Waals surface area contributed by atoms with Gasteiger partial charge < -0.3 is 5.73 Å². The lowest BCUT2D eigenvalue weighted by Gasteiger charge is -2.11. The number of rotatable bonds is 0. The van der Waals surface area contributed by atoms with Gasteiger partial charge in [0.2, 0.25) is 0 Å². The van der Waals surface area contributed by atoms with E-state index in [1.54, 1.807) is 12.4 Å². The summed E-state index contributed by atoms with van der Waals surface area (Å²) >= 11 is 3.36. The number of nitrogens with two attached hydrogens (primary N) is 1. The molecule has 0 unspecified atom stereocenters. The Labute approximate surface area is 72.5 Å². The van der Waals surface area contributed by atoms with Gasteiger partial charge in [-0.3, -0.25) is 0 Å². The lowest BCUT2D eigenvalue weighted by atomic mass is 10.1. The molecule has 2 aliphatic heterocycles. The maximum Gasteiger partial charge on any atom is 0.158 e. The third kappa shape index (κ3) is 0.985. The molecule has 0 spiro atoms. The minimum Gasteiger partial charge on any atom is -0.321 e. The molecule has 2 N–H and O–H groups in total. The number of aliphatic imine (C=N–C) groups is 2. The van der Waals surface area contributed by atoms with Crippen molar-refractivity contribution in [3.8, 4) is 0 Å². The van der Waals surface area contributed by atoms with Gasteiger partial charge in [-0.2, -0.15) is 0 Å². The van der Waals surface area contributed by atoms with Gasteiger partial charge in [-0.15, -0.1) is 0 Å². The number of nitrogens with zero attached hydrogens (tertiary/aromatic N) is 2. The molecule has 56 valence electrons. The van der Waals surface area contributed by atoms with Crippen LogP contribution in [0, 0.1) is 0 Å². The number of hydrogen-bond acceptors (Lipinski definition) is 3. The van der Waals surface area contributed by atoms with E-state index in [0.29, 0.717) is 0 Å². The van der Waals surface area contributed by atoms with Crippen molar-refractivity contribution in [2.45, 2.75) is 6.04 Å². The van der Waals surface area contributed by atoms with Crippen molar-refractivity contribution < 1.29 is 0 Å². The van der Waals surface area contributed by atoms with Gasteiger partial charge in [-0.25, -0.2) is 9.98 Å². The molecule has 3 nitrogen and oxygen atoms in total. The normalized spacial score (nSPS) is 27.5. The summed E-state index contributed by atoms with van der Waals surface area (Å²) in [4.78, 5) is 8.12. The molecule has 1 atom stereocenters. The van der Waals surface area contributed by atoms with E-state index in [-0.39, 0.29) is 6.04 Å². The number of fused-ring (bicyclic) bond motifs is 1. The SMILES string of the molecule is N[C@@H]1C=CN=C2N=CC(Br)=C21. The Morgan fingerprint density at radius 1 is 1.55 bits per heavy atom. The highest BCUT2D eigenvalue weighted by Crippen LogP contribution is 2.23. The molecule has 0 radical (unpaired) electrons. The highest BCUT2D eigenvalue weighted by molar-refractivity contribution is 9.12. The molecule has 11 heavy (non-hydrogen) atoms. The van der Waals surface area contributed by atoms with Gasteiger partial charge in [-0.1, -0.05) is 0 Å². The van der Waals surface area contributed by atoms with Crippen molar-refractivity contribution in [1.29, 1.82) is 0 Å². The van der Waals surface area contributed by atoms with Crippen LogP contribution in [0.15, 0.2) is 32.3 Å². The molecule has 0 aromatic carbocycles. The minimum absolute atomic E-state index is 0.0700. The van der Waals surface area contributed by atoms with E-state index in [1.165, 1.54) is 0 Å². The summed E-state index contributed by atoms with van der Waals surface area (Å²) in [5, 5.41) is 0. The molecule has 2 rings (SSSR count). The summed E-state index contributed by atoms with van der Waals surface area (Å²) in [6.07, 6.45) is 5.25. The monoisotopic (exact) mass is 211 g/mol. The van der Waals surface area contributed by atoms with Crippen molar-refractivity contribution in [1.82, 2.24) is 0 Å². The first kappa shape index (κ1) is 6.94. The van der Waals surface area contributed by atoms with Crippen molar-refractivity contribution >= 4 is 28.0 Å². The van der Waals surface area contributed by atoms with E-state index >= 15 is 0 Å². The lowest BCUT2D eigenvalue weighted by molar-refractivity contribution is 0.976. The summed E-state index contributed by atoms with van der Waals surface area (Å²) in [7, 11) is 0. The third-order valence-electron chi connectivity index (χ3n) is 1.62. The van der Waals surface area contributed by atoms with Crippen LogP contribution in [0.2, 0.25) is 0 Å². The molecular weight excluding hydrogens is 206 g/mol. The predicted molar refractivity (Wildman–Crippen MR) is 49.0 cm³/mol. The zero-order valence-electron chi connectivity index (χ0n) is 5.66. The third-order valence-corrected chi connectivity index (χ3v) is 2.25. The predicted octanol–water partition coefficient (Wildman–Crippen LogP) is 0.973.